The van der Waals surface area contributed by atoms with Gasteiger partial charge in [-0.15, -0.1) is 0 Å². The molecule has 36 heavy (non-hydrogen) atoms. The van der Waals surface area contributed by atoms with E-state index in [1.165, 1.54) is 18.3 Å². The van der Waals surface area contributed by atoms with E-state index in [9.17, 15) is 18.0 Å². The highest BCUT2D eigenvalue weighted by Gasteiger charge is 2.18. The van der Waals surface area contributed by atoms with E-state index in [0.717, 1.165) is 23.1 Å². The number of aromatic amines is 1. The number of benzene rings is 2. The molecule has 3 aromatic heterocycles. The van der Waals surface area contributed by atoms with Gasteiger partial charge in [-0.05, 0) is 41.5 Å². The molecular weight excluding hydrogens is 478 g/mol. The van der Waals surface area contributed by atoms with Crippen LogP contribution in [0.15, 0.2) is 82.7 Å². The van der Waals surface area contributed by atoms with Crippen LogP contribution in [0.2, 0.25) is 0 Å². The third kappa shape index (κ3) is 4.29. The summed E-state index contributed by atoms with van der Waals surface area (Å²) in [5.41, 5.74) is 7.76. The molecule has 4 N–H and O–H groups in total. The van der Waals surface area contributed by atoms with Crippen LogP contribution in [0.1, 0.15) is 16.1 Å². The number of primary amides is 1. The number of sulfone groups is 1. The normalized spacial score (nSPS) is 11.6. The summed E-state index contributed by atoms with van der Waals surface area (Å²) in [6, 6.07) is 17.6. The van der Waals surface area contributed by atoms with Crippen LogP contribution in [0.4, 0.5) is 5.82 Å². The fourth-order valence-electron chi connectivity index (χ4n) is 4.09. The Bertz CT molecular complexity index is 1800. The highest BCUT2D eigenvalue weighted by molar-refractivity contribution is 7.90. The van der Waals surface area contributed by atoms with E-state index < -0.39 is 21.3 Å². The minimum Gasteiger partial charge on any atom is -0.365 e. The Labute approximate surface area is 206 Å². The average Bonchev–Trinajstić information content (AvgIpc) is 2.87. The van der Waals surface area contributed by atoms with Gasteiger partial charge in [0.2, 0.25) is 0 Å². The number of hydrogen-bond donors (Lipinski definition) is 3. The maximum Gasteiger partial charge on any atom is 0.258 e. The number of fused-ring (bicyclic) bond motifs is 3. The fourth-order valence-corrected chi connectivity index (χ4v) is 4.72. The van der Waals surface area contributed by atoms with Gasteiger partial charge in [-0.1, -0.05) is 30.3 Å². The standard InChI is InChI=1S/C26H21N5O4S/c1-36(34,35)18-8-5-15(6-9-18)16-7-10-19-20(12-16)22-23(21(24(27)32)14-30-26(22)33)31-25(19)29-13-17-4-2-3-11-28-17/h2-12,14H,13H2,1H3,(H2,27,32)(H,29,31)(H,30,33). The smallest absolute Gasteiger partial charge is 0.258 e. The van der Waals surface area contributed by atoms with Gasteiger partial charge in [0.05, 0.1) is 33.6 Å². The average molecular weight is 500 g/mol. The first kappa shape index (κ1) is 23.2. The summed E-state index contributed by atoms with van der Waals surface area (Å²) >= 11 is 0. The number of nitrogens with one attached hydrogen (secondary N) is 2. The lowest BCUT2D eigenvalue weighted by Gasteiger charge is -2.14. The summed E-state index contributed by atoms with van der Waals surface area (Å²) in [6.45, 7) is 0.373. The van der Waals surface area contributed by atoms with Gasteiger partial charge in [-0.25, -0.2) is 13.4 Å². The fraction of sp³-hybridized carbons (Fsp3) is 0.0769. The molecule has 0 aliphatic heterocycles. The second kappa shape index (κ2) is 8.90. The minimum absolute atomic E-state index is 0.0929. The summed E-state index contributed by atoms with van der Waals surface area (Å²) in [5.74, 6) is -0.249. The van der Waals surface area contributed by atoms with E-state index in [-0.39, 0.29) is 21.4 Å². The quantitative estimate of drug-likeness (QED) is 0.304. The Morgan fingerprint density at radius 3 is 2.44 bits per heavy atom. The Hall–Kier alpha value is -4.57. The molecule has 0 aliphatic rings. The van der Waals surface area contributed by atoms with Gasteiger partial charge in [0.25, 0.3) is 11.5 Å². The third-order valence-corrected chi connectivity index (χ3v) is 7.01. The number of amides is 1. The summed E-state index contributed by atoms with van der Waals surface area (Å²) in [4.78, 5) is 36.8. The van der Waals surface area contributed by atoms with Gasteiger partial charge >= 0.3 is 0 Å². The molecule has 1 amide bonds. The number of pyridine rings is 3. The first-order valence-corrected chi connectivity index (χ1v) is 12.8. The van der Waals surface area contributed by atoms with E-state index in [2.05, 4.69) is 20.3 Å². The van der Waals surface area contributed by atoms with Gasteiger partial charge < -0.3 is 16.0 Å². The van der Waals surface area contributed by atoms with Gasteiger partial charge in [-0.3, -0.25) is 14.6 Å². The van der Waals surface area contributed by atoms with Crippen LogP contribution in [0, 0.1) is 0 Å². The molecule has 9 nitrogen and oxygen atoms in total. The molecule has 5 aromatic rings. The van der Waals surface area contributed by atoms with E-state index in [1.54, 1.807) is 18.3 Å². The van der Waals surface area contributed by atoms with Crippen molar-refractivity contribution in [1.29, 1.82) is 0 Å². The zero-order valence-corrected chi connectivity index (χ0v) is 20.0. The lowest BCUT2D eigenvalue weighted by atomic mass is 9.98. The predicted molar refractivity (Wildman–Crippen MR) is 138 cm³/mol. The number of hydrogen-bond acceptors (Lipinski definition) is 7. The van der Waals surface area contributed by atoms with Crippen LogP contribution in [0.5, 0.6) is 0 Å². The second-order valence-corrected chi connectivity index (χ2v) is 10.3. The first-order valence-electron chi connectivity index (χ1n) is 11.0. The number of carbonyl (C=O) groups excluding carboxylic acids is 1. The largest absolute Gasteiger partial charge is 0.365 e. The summed E-state index contributed by atoms with van der Waals surface area (Å²) in [7, 11) is -3.33. The predicted octanol–water partition coefficient (Wildman–Crippen LogP) is 3.25. The molecule has 0 atom stereocenters. The number of nitrogens with zero attached hydrogens (tertiary/aromatic N) is 2. The third-order valence-electron chi connectivity index (χ3n) is 5.88. The summed E-state index contributed by atoms with van der Waals surface area (Å²) < 4.78 is 23.7. The van der Waals surface area contributed by atoms with Crippen molar-refractivity contribution in [3.05, 3.63) is 94.7 Å². The second-order valence-electron chi connectivity index (χ2n) is 8.31. The molecule has 0 unspecified atom stereocenters. The Morgan fingerprint density at radius 1 is 1.03 bits per heavy atom. The first-order chi connectivity index (χ1) is 17.2. The number of rotatable bonds is 6. The number of aromatic nitrogens is 3. The van der Waals surface area contributed by atoms with Crippen molar-refractivity contribution in [2.75, 3.05) is 11.6 Å². The molecule has 3 heterocycles. The Kier molecular flexibility index (Phi) is 5.73. The molecule has 0 spiro atoms. The molecule has 2 aromatic carbocycles. The molecule has 10 heteroatoms. The molecule has 180 valence electrons. The van der Waals surface area contributed by atoms with Crippen molar-refractivity contribution in [1.82, 2.24) is 15.0 Å². The molecule has 0 bridgehead atoms. The van der Waals surface area contributed by atoms with E-state index in [4.69, 9.17) is 5.73 Å². The molecular formula is C26H21N5O4S. The van der Waals surface area contributed by atoms with E-state index in [1.807, 2.05) is 36.4 Å². The van der Waals surface area contributed by atoms with Crippen molar-refractivity contribution in [3.63, 3.8) is 0 Å². The Balaban J connectivity index is 1.73. The van der Waals surface area contributed by atoms with Gasteiger partial charge in [-0.2, -0.15) is 0 Å². The number of carbonyl (C=O) groups is 1. The van der Waals surface area contributed by atoms with Crippen molar-refractivity contribution in [2.24, 2.45) is 5.73 Å². The van der Waals surface area contributed by atoms with Crippen LogP contribution in [0.25, 0.3) is 32.8 Å². The van der Waals surface area contributed by atoms with Gasteiger partial charge in [0, 0.05) is 29.4 Å². The van der Waals surface area contributed by atoms with Crippen LogP contribution < -0.4 is 16.6 Å². The lowest BCUT2D eigenvalue weighted by Crippen LogP contribution is -2.17. The molecule has 5 rings (SSSR count). The number of nitrogens with two attached hydrogens (primary N) is 1. The van der Waals surface area contributed by atoms with Crippen LogP contribution in [-0.4, -0.2) is 35.5 Å². The van der Waals surface area contributed by atoms with Crippen molar-refractivity contribution in [3.8, 4) is 11.1 Å². The SMILES string of the molecule is CS(=O)(=O)c1ccc(-c2ccc3c(NCc4ccccn4)nc4c(C(N)=O)c[nH]c(=O)c4c3c2)cc1. The van der Waals surface area contributed by atoms with E-state index in [0.29, 0.717) is 23.1 Å². The zero-order chi connectivity index (χ0) is 25.4. The topological polar surface area (TPSA) is 148 Å². The highest BCUT2D eigenvalue weighted by atomic mass is 32.2. The van der Waals surface area contributed by atoms with Gasteiger partial charge in [0.1, 0.15) is 5.82 Å². The number of anilines is 1. The van der Waals surface area contributed by atoms with Crippen LogP contribution in [0.3, 0.4) is 0 Å². The van der Waals surface area contributed by atoms with Crippen molar-refractivity contribution in [2.45, 2.75) is 11.4 Å². The molecule has 0 saturated carbocycles. The molecule has 0 aliphatic carbocycles. The maximum atomic E-state index is 12.9. The number of H-pyrrole nitrogens is 1. The molecule has 0 radical (unpaired) electrons. The lowest BCUT2D eigenvalue weighted by molar-refractivity contribution is 0.100. The minimum atomic E-state index is -3.33. The van der Waals surface area contributed by atoms with E-state index >= 15 is 0 Å². The van der Waals surface area contributed by atoms with Crippen molar-refractivity contribution < 1.29 is 13.2 Å². The zero-order valence-electron chi connectivity index (χ0n) is 19.1. The van der Waals surface area contributed by atoms with Crippen LogP contribution in [-0.2, 0) is 16.4 Å². The monoisotopic (exact) mass is 499 g/mol. The maximum absolute atomic E-state index is 12.9. The molecule has 0 fully saturated rings. The highest BCUT2D eigenvalue weighted by Crippen LogP contribution is 2.33. The Morgan fingerprint density at radius 2 is 1.78 bits per heavy atom. The van der Waals surface area contributed by atoms with Gasteiger partial charge in [0.15, 0.2) is 9.84 Å². The van der Waals surface area contributed by atoms with Crippen molar-refractivity contribution >= 4 is 43.2 Å². The molecule has 0 saturated heterocycles. The summed E-state index contributed by atoms with van der Waals surface area (Å²) in [5, 5.41) is 4.73. The van der Waals surface area contributed by atoms with Crippen LogP contribution >= 0.6 is 0 Å². The summed E-state index contributed by atoms with van der Waals surface area (Å²) in [6.07, 6.45) is 4.11.